The van der Waals surface area contributed by atoms with Crippen LogP contribution in [0.25, 0.3) is 17.1 Å². The molecule has 10 heteroatoms. The molecule has 0 radical (unpaired) electrons. The molecule has 0 saturated heterocycles. The lowest BCUT2D eigenvalue weighted by atomic mass is 10.0. The molecule has 0 spiro atoms. The van der Waals surface area contributed by atoms with Crippen LogP contribution in [0.2, 0.25) is 0 Å². The Hall–Kier alpha value is -4.05. The molecule has 0 saturated carbocycles. The van der Waals surface area contributed by atoms with Gasteiger partial charge in [-0.05, 0) is 53.9 Å². The molecule has 35 heavy (non-hydrogen) atoms. The molecule has 2 amide bonds. The number of benzene rings is 2. The number of furan rings is 1. The Balaban J connectivity index is 1.59. The Bertz CT molecular complexity index is 1300. The Morgan fingerprint density at radius 2 is 1.80 bits per heavy atom. The van der Waals surface area contributed by atoms with E-state index in [1.165, 1.54) is 24.1 Å². The lowest BCUT2D eigenvalue weighted by Crippen LogP contribution is -2.42. The maximum Gasteiger partial charge on any atom is 0.305 e. The summed E-state index contributed by atoms with van der Waals surface area (Å²) in [6.07, 6.45) is 1.38. The first-order valence-electron chi connectivity index (χ1n) is 10.9. The highest BCUT2D eigenvalue weighted by atomic mass is 32.2. The zero-order valence-electron chi connectivity index (χ0n) is 19.5. The molecular formula is C25H25N5O4S. The number of hydrazine groups is 1. The topological polar surface area (TPSA) is 111 Å². The van der Waals surface area contributed by atoms with Crippen molar-refractivity contribution < 1.29 is 18.7 Å². The summed E-state index contributed by atoms with van der Waals surface area (Å²) in [6.45, 7) is 4.25. The third kappa shape index (κ3) is 5.55. The number of thioether (sulfide) groups is 1. The maximum absolute atomic E-state index is 12.4. The predicted octanol–water partition coefficient (Wildman–Crippen LogP) is 4.21. The van der Waals surface area contributed by atoms with Gasteiger partial charge >= 0.3 is 5.91 Å². The minimum Gasteiger partial charge on any atom is -0.497 e. The number of aromatic nitrogens is 3. The number of methoxy groups -OCH3 is 1. The van der Waals surface area contributed by atoms with Gasteiger partial charge in [0.2, 0.25) is 5.91 Å². The second kappa shape index (κ2) is 10.9. The molecular weight excluding hydrogens is 466 g/mol. The van der Waals surface area contributed by atoms with Gasteiger partial charge in [0.1, 0.15) is 5.75 Å². The minimum atomic E-state index is -0.538. The summed E-state index contributed by atoms with van der Waals surface area (Å²) >= 11 is 1.22. The molecule has 0 aliphatic heterocycles. The van der Waals surface area contributed by atoms with Crippen LogP contribution >= 0.6 is 11.8 Å². The van der Waals surface area contributed by atoms with Gasteiger partial charge in [-0.15, -0.1) is 10.2 Å². The molecule has 0 bridgehead atoms. The Kier molecular flexibility index (Phi) is 7.51. The number of rotatable bonds is 8. The second-order valence-electron chi connectivity index (χ2n) is 7.85. The summed E-state index contributed by atoms with van der Waals surface area (Å²) in [6, 6.07) is 18.7. The molecule has 2 aromatic carbocycles. The number of nitrogens with one attached hydrogen (secondary N) is 2. The molecule has 180 valence electrons. The SMILES string of the molecule is COc1ccc(-c2nnc(SCC(=O)NNC(=O)c3ccco3)n2-c2ccccc2C(C)C)cc1. The molecule has 0 unspecified atom stereocenters. The van der Waals surface area contributed by atoms with E-state index in [0.29, 0.717) is 11.0 Å². The van der Waals surface area contributed by atoms with E-state index in [2.05, 4.69) is 41.0 Å². The van der Waals surface area contributed by atoms with E-state index in [1.54, 1.807) is 13.2 Å². The largest absolute Gasteiger partial charge is 0.497 e. The van der Waals surface area contributed by atoms with Gasteiger partial charge in [0.15, 0.2) is 16.7 Å². The number of carbonyl (C=O) groups excluding carboxylic acids is 2. The van der Waals surface area contributed by atoms with Crippen molar-refractivity contribution in [1.29, 1.82) is 0 Å². The van der Waals surface area contributed by atoms with Gasteiger partial charge in [-0.3, -0.25) is 25.0 Å². The summed E-state index contributed by atoms with van der Waals surface area (Å²) in [7, 11) is 1.62. The van der Waals surface area contributed by atoms with Crippen molar-refractivity contribution in [3.8, 4) is 22.8 Å². The van der Waals surface area contributed by atoms with Gasteiger partial charge in [-0.1, -0.05) is 43.8 Å². The van der Waals surface area contributed by atoms with Crippen molar-refractivity contribution in [2.45, 2.75) is 24.9 Å². The van der Waals surface area contributed by atoms with E-state index in [4.69, 9.17) is 9.15 Å². The van der Waals surface area contributed by atoms with Crippen LogP contribution in [0.3, 0.4) is 0 Å². The number of carbonyl (C=O) groups is 2. The summed E-state index contributed by atoms with van der Waals surface area (Å²) in [5.41, 5.74) is 7.64. The van der Waals surface area contributed by atoms with Gasteiger partial charge in [-0.2, -0.15) is 0 Å². The van der Waals surface area contributed by atoms with Crippen molar-refractivity contribution in [1.82, 2.24) is 25.6 Å². The van der Waals surface area contributed by atoms with E-state index < -0.39 is 11.8 Å². The maximum atomic E-state index is 12.4. The van der Waals surface area contributed by atoms with Gasteiger partial charge in [0, 0.05) is 5.56 Å². The number of ether oxygens (including phenoxy) is 1. The standard InChI is InChI=1S/C25H25N5O4S/c1-16(2)19-7-4-5-8-20(19)30-23(17-10-12-18(33-3)13-11-17)27-29-25(30)35-15-22(31)26-28-24(32)21-9-6-14-34-21/h4-14,16H,15H2,1-3H3,(H,26,31)(H,28,32). The summed E-state index contributed by atoms with van der Waals surface area (Å²) < 4.78 is 12.2. The third-order valence-corrected chi connectivity index (χ3v) is 6.10. The quantitative estimate of drug-likeness (QED) is 0.280. The third-order valence-electron chi connectivity index (χ3n) is 5.17. The molecule has 0 aliphatic carbocycles. The number of nitrogens with zero attached hydrogens (tertiary/aromatic N) is 3. The van der Waals surface area contributed by atoms with Crippen molar-refractivity contribution in [3.63, 3.8) is 0 Å². The summed E-state index contributed by atoms with van der Waals surface area (Å²) in [5.74, 6) is 0.836. The predicted molar refractivity (Wildman–Crippen MR) is 132 cm³/mol. The van der Waals surface area contributed by atoms with Crippen molar-refractivity contribution in [2.75, 3.05) is 12.9 Å². The zero-order valence-corrected chi connectivity index (χ0v) is 20.3. The van der Waals surface area contributed by atoms with Crippen LogP contribution in [0, 0.1) is 0 Å². The van der Waals surface area contributed by atoms with Crippen LogP contribution in [0.4, 0.5) is 0 Å². The molecule has 9 nitrogen and oxygen atoms in total. The fourth-order valence-electron chi connectivity index (χ4n) is 3.45. The zero-order chi connectivity index (χ0) is 24.8. The molecule has 0 atom stereocenters. The van der Waals surface area contributed by atoms with Crippen LogP contribution < -0.4 is 15.6 Å². The lowest BCUT2D eigenvalue weighted by molar-refractivity contribution is -0.119. The first-order chi connectivity index (χ1) is 17.0. The fourth-order valence-corrected chi connectivity index (χ4v) is 4.19. The van der Waals surface area contributed by atoms with Crippen molar-refractivity contribution in [3.05, 3.63) is 78.3 Å². The van der Waals surface area contributed by atoms with E-state index in [0.717, 1.165) is 22.6 Å². The number of hydrogen-bond donors (Lipinski definition) is 2. The molecule has 4 aromatic rings. The Labute approximate surface area is 206 Å². The Morgan fingerprint density at radius 1 is 1.03 bits per heavy atom. The van der Waals surface area contributed by atoms with Crippen LogP contribution in [-0.2, 0) is 4.79 Å². The molecule has 0 aliphatic rings. The van der Waals surface area contributed by atoms with Gasteiger partial charge in [0.25, 0.3) is 0 Å². The molecule has 2 N–H and O–H groups in total. The van der Waals surface area contributed by atoms with Crippen molar-refractivity contribution >= 4 is 23.6 Å². The number of amides is 2. The van der Waals surface area contributed by atoms with E-state index in [9.17, 15) is 9.59 Å². The van der Waals surface area contributed by atoms with E-state index >= 15 is 0 Å². The molecule has 0 fully saturated rings. The monoisotopic (exact) mass is 491 g/mol. The lowest BCUT2D eigenvalue weighted by Gasteiger charge is -2.17. The number of hydrogen-bond acceptors (Lipinski definition) is 7. The molecule has 4 rings (SSSR count). The first-order valence-corrected chi connectivity index (χ1v) is 11.9. The van der Waals surface area contributed by atoms with E-state index in [1.807, 2.05) is 47.0 Å². The molecule has 2 heterocycles. The minimum absolute atomic E-state index is 0.0169. The molecule has 2 aromatic heterocycles. The fraction of sp³-hybridized carbons (Fsp3) is 0.200. The van der Waals surface area contributed by atoms with Crippen LogP contribution in [0.15, 0.2) is 76.5 Å². The highest BCUT2D eigenvalue weighted by Gasteiger charge is 2.20. The van der Waals surface area contributed by atoms with Gasteiger partial charge in [-0.25, -0.2) is 0 Å². The normalized spacial score (nSPS) is 10.9. The Morgan fingerprint density at radius 3 is 2.49 bits per heavy atom. The highest BCUT2D eigenvalue weighted by Crippen LogP contribution is 2.32. The highest BCUT2D eigenvalue weighted by molar-refractivity contribution is 7.99. The van der Waals surface area contributed by atoms with Gasteiger partial charge in [0.05, 0.1) is 24.8 Å². The average Bonchev–Trinajstić information content (AvgIpc) is 3.56. The van der Waals surface area contributed by atoms with Crippen LogP contribution in [0.5, 0.6) is 5.75 Å². The number of para-hydroxylation sites is 1. The van der Waals surface area contributed by atoms with Crippen LogP contribution in [0.1, 0.15) is 35.9 Å². The summed E-state index contributed by atoms with van der Waals surface area (Å²) in [5, 5.41) is 9.38. The second-order valence-corrected chi connectivity index (χ2v) is 8.79. The summed E-state index contributed by atoms with van der Waals surface area (Å²) in [4.78, 5) is 24.4. The first kappa shape index (κ1) is 24.1. The van der Waals surface area contributed by atoms with E-state index in [-0.39, 0.29) is 17.4 Å². The van der Waals surface area contributed by atoms with Crippen molar-refractivity contribution in [2.24, 2.45) is 0 Å². The average molecular weight is 492 g/mol. The van der Waals surface area contributed by atoms with Gasteiger partial charge < -0.3 is 9.15 Å². The smallest absolute Gasteiger partial charge is 0.305 e. The van der Waals surface area contributed by atoms with Crippen LogP contribution in [-0.4, -0.2) is 39.4 Å².